The lowest BCUT2D eigenvalue weighted by Crippen LogP contribution is -2.72. The van der Waals surface area contributed by atoms with Crippen molar-refractivity contribution in [1.29, 1.82) is 0 Å². The third-order valence-electron chi connectivity index (χ3n) is 15.8. The van der Waals surface area contributed by atoms with Crippen molar-refractivity contribution in [1.82, 2.24) is 0 Å². The quantitative estimate of drug-likeness (QED) is 0.273. The first-order valence-electron chi connectivity index (χ1n) is 17.8. The van der Waals surface area contributed by atoms with E-state index in [0.29, 0.717) is 44.0 Å². The Morgan fingerprint density at radius 1 is 0.477 bits per heavy atom. The molecule has 2 aromatic carbocycles. The van der Waals surface area contributed by atoms with Crippen LogP contribution in [0.5, 0.6) is 11.5 Å². The molecule has 44 heavy (non-hydrogen) atoms. The molecular formula is C40H52I2O2. The van der Waals surface area contributed by atoms with Crippen molar-refractivity contribution in [3.8, 4) is 11.5 Å². The zero-order valence-corrected chi connectivity index (χ0v) is 31.7. The Labute approximate surface area is 293 Å². The monoisotopic (exact) mass is 818 g/mol. The van der Waals surface area contributed by atoms with Gasteiger partial charge in [-0.1, -0.05) is 65.5 Å². The lowest BCUT2D eigenvalue weighted by molar-refractivity contribution is -0.286. The highest BCUT2D eigenvalue weighted by molar-refractivity contribution is 14.1. The zero-order chi connectivity index (χ0) is 31.0. The summed E-state index contributed by atoms with van der Waals surface area (Å²) in [7, 11) is 0. The number of phenols is 2. The van der Waals surface area contributed by atoms with Crippen LogP contribution in [-0.2, 0) is 10.8 Å². The molecule has 8 aliphatic carbocycles. The smallest absolute Gasteiger partial charge is 0.128 e. The molecular weight excluding hydrogens is 766 g/mol. The van der Waals surface area contributed by atoms with Gasteiger partial charge in [0.15, 0.2) is 0 Å². The number of hydrogen-bond acceptors (Lipinski definition) is 2. The second-order valence-electron chi connectivity index (χ2n) is 18.0. The fourth-order valence-corrected chi connectivity index (χ4v) is 16.1. The Hall–Kier alpha value is -0.500. The van der Waals surface area contributed by atoms with E-state index in [9.17, 15) is 10.2 Å². The van der Waals surface area contributed by atoms with Gasteiger partial charge in [0.05, 0.1) is 7.14 Å². The Morgan fingerprint density at radius 3 is 1.07 bits per heavy atom. The van der Waals surface area contributed by atoms with E-state index < -0.39 is 0 Å². The third-order valence-corrected chi connectivity index (χ3v) is 17.5. The molecule has 0 amide bonds. The summed E-state index contributed by atoms with van der Waals surface area (Å²) < 4.78 is 2.04. The summed E-state index contributed by atoms with van der Waals surface area (Å²) in [5.41, 5.74) is 5.95. The molecule has 238 valence electrons. The number of rotatable bonds is 7. The molecule has 0 radical (unpaired) electrons. The SMILES string of the molecule is CCC12CC3(CC)CC(c4ccc(O)c(I)c4)(C1)CC(C14CC5(CC)CC(CC)(CC(c6ccc(O)c(I)c6)(C5)C1)C4)(C2)C3. The second-order valence-corrected chi connectivity index (χ2v) is 20.3. The highest BCUT2D eigenvalue weighted by Crippen LogP contribution is 2.86. The Balaban J connectivity index is 1.35. The highest BCUT2D eigenvalue weighted by atomic mass is 127. The number of benzene rings is 2. The van der Waals surface area contributed by atoms with Gasteiger partial charge in [0.1, 0.15) is 11.5 Å². The van der Waals surface area contributed by atoms with Crippen LogP contribution in [0.4, 0.5) is 0 Å². The van der Waals surface area contributed by atoms with Crippen LogP contribution in [0.3, 0.4) is 0 Å². The summed E-state index contributed by atoms with van der Waals surface area (Å²) in [6.45, 7) is 10.1. The molecule has 0 aliphatic heterocycles. The topological polar surface area (TPSA) is 40.5 Å². The van der Waals surface area contributed by atoms with E-state index >= 15 is 0 Å². The van der Waals surface area contributed by atoms with Crippen molar-refractivity contribution in [3.63, 3.8) is 0 Å². The molecule has 8 aliphatic rings. The molecule has 8 bridgehead atoms. The minimum Gasteiger partial charge on any atom is -0.507 e. The molecule has 4 heteroatoms. The van der Waals surface area contributed by atoms with Crippen LogP contribution in [0.15, 0.2) is 36.4 Å². The van der Waals surface area contributed by atoms with Crippen LogP contribution in [0.25, 0.3) is 0 Å². The van der Waals surface area contributed by atoms with E-state index in [1.165, 1.54) is 114 Å². The van der Waals surface area contributed by atoms with Crippen LogP contribution in [0.1, 0.15) is 142 Å². The van der Waals surface area contributed by atoms with Crippen molar-refractivity contribution >= 4 is 45.2 Å². The van der Waals surface area contributed by atoms with Gasteiger partial charge in [0, 0.05) is 0 Å². The summed E-state index contributed by atoms with van der Waals surface area (Å²) in [6.07, 6.45) is 21.9. The maximum absolute atomic E-state index is 10.6. The van der Waals surface area contributed by atoms with Gasteiger partial charge in [-0.2, -0.15) is 0 Å². The van der Waals surface area contributed by atoms with E-state index in [2.05, 4.69) is 97.1 Å². The number of phenolic OH excluding ortho intramolecular Hbond substituents is 2. The largest absolute Gasteiger partial charge is 0.507 e. The molecule has 2 nitrogen and oxygen atoms in total. The Morgan fingerprint density at radius 2 is 0.795 bits per heavy atom. The second kappa shape index (κ2) is 9.56. The minimum absolute atomic E-state index is 0.220. The first kappa shape index (κ1) is 30.8. The Kier molecular flexibility index (Phi) is 6.69. The van der Waals surface area contributed by atoms with Crippen LogP contribution < -0.4 is 0 Å². The molecule has 8 fully saturated rings. The predicted molar refractivity (Wildman–Crippen MR) is 196 cm³/mol. The number of halogens is 2. The average molecular weight is 819 g/mol. The van der Waals surface area contributed by atoms with E-state index in [-0.39, 0.29) is 10.8 Å². The number of hydrogen-bond donors (Lipinski definition) is 2. The molecule has 0 saturated heterocycles. The maximum atomic E-state index is 10.6. The van der Waals surface area contributed by atoms with Gasteiger partial charge in [-0.25, -0.2) is 0 Å². The van der Waals surface area contributed by atoms with Crippen LogP contribution >= 0.6 is 45.2 Å². The van der Waals surface area contributed by atoms with Crippen molar-refractivity contribution in [2.24, 2.45) is 32.5 Å². The standard InChI is InChI=1S/C40H52I2O2/c1-5-33-15-34(6-2)18-37(17-33,27-9-11-31(43)29(41)13-27)25-39(21-33,22-34)40-23-35(7-3)16-36(8-4,24-40)20-38(19-35,26-40)28-10-12-32(44)30(42)14-28/h9-14,43-44H,5-8,15-26H2,1-4H3. The average Bonchev–Trinajstić information content (AvgIpc) is 2.98. The van der Waals surface area contributed by atoms with Gasteiger partial charge in [-0.15, -0.1) is 0 Å². The number of aromatic hydroxyl groups is 2. The summed E-state index contributed by atoms with van der Waals surface area (Å²) in [5.74, 6) is 0.871. The summed E-state index contributed by atoms with van der Waals surface area (Å²) in [4.78, 5) is 0. The summed E-state index contributed by atoms with van der Waals surface area (Å²) >= 11 is 4.74. The summed E-state index contributed by atoms with van der Waals surface area (Å²) in [6, 6.07) is 13.4. The normalized spacial score (nSPS) is 46.6. The van der Waals surface area contributed by atoms with E-state index in [1.54, 1.807) is 0 Å². The predicted octanol–water partition coefficient (Wildman–Crippen LogP) is 11.8. The fourth-order valence-electron chi connectivity index (χ4n) is 15.0. The summed E-state index contributed by atoms with van der Waals surface area (Å²) in [5, 5.41) is 21.2. The molecule has 10 rings (SSSR count). The maximum Gasteiger partial charge on any atom is 0.128 e. The molecule has 2 aromatic rings. The molecule has 4 atom stereocenters. The zero-order valence-electron chi connectivity index (χ0n) is 27.4. The van der Waals surface area contributed by atoms with Crippen LogP contribution in [-0.4, -0.2) is 10.2 Å². The van der Waals surface area contributed by atoms with Gasteiger partial charge in [0.2, 0.25) is 0 Å². The van der Waals surface area contributed by atoms with Gasteiger partial charge >= 0.3 is 0 Å². The molecule has 0 heterocycles. The van der Waals surface area contributed by atoms with E-state index in [1.807, 2.05) is 12.1 Å². The Bertz CT molecular complexity index is 1370. The first-order valence-corrected chi connectivity index (χ1v) is 19.9. The van der Waals surface area contributed by atoms with Gasteiger partial charge in [-0.05, 0) is 201 Å². The van der Waals surface area contributed by atoms with E-state index in [4.69, 9.17) is 0 Å². The van der Waals surface area contributed by atoms with Crippen LogP contribution in [0.2, 0.25) is 0 Å². The minimum atomic E-state index is 0.220. The van der Waals surface area contributed by atoms with Crippen molar-refractivity contribution in [3.05, 3.63) is 54.7 Å². The molecule has 2 N–H and O–H groups in total. The van der Waals surface area contributed by atoms with Crippen molar-refractivity contribution in [2.45, 2.75) is 141 Å². The lowest BCUT2D eigenvalue weighted by Gasteiger charge is -2.81. The lowest BCUT2D eigenvalue weighted by atomic mass is 9.23. The van der Waals surface area contributed by atoms with Crippen LogP contribution in [0, 0.1) is 39.6 Å². The van der Waals surface area contributed by atoms with Crippen molar-refractivity contribution < 1.29 is 10.2 Å². The molecule has 0 spiro atoms. The molecule has 0 aromatic heterocycles. The van der Waals surface area contributed by atoms with Gasteiger partial charge in [0.25, 0.3) is 0 Å². The van der Waals surface area contributed by atoms with Gasteiger partial charge < -0.3 is 10.2 Å². The fraction of sp³-hybridized carbons (Fsp3) is 0.700. The van der Waals surface area contributed by atoms with Gasteiger partial charge in [-0.3, -0.25) is 0 Å². The third kappa shape index (κ3) is 4.00. The molecule has 4 unspecified atom stereocenters. The first-order chi connectivity index (χ1) is 20.8. The highest BCUT2D eigenvalue weighted by Gasteiger charge is 2.77. The molecule has 8 saturated carbocycles. The van der Waals surface area contributed by atoms with Crippen molar-refractivity contribution in [2.75, 3.05) is 0 Å². The van der Waals surface area contributed by atoms with E-state index in [0.717, 1.165) is 7.14 Å².